The summed E-state index contributed by atoms with van der Waals surface area (Å²) in [6.45, 7) is 2.05. The number of fused-ring (bicyclic) bond motifs is 2. The summed E-state index contributed by atoms with van der Waals surface area (Å²) in [6, 6.07) is 17.6. The number of nitrogens with one attached hydrogen (secondary N) is 1. The Labute approximate surface area is 162 Å². The molecule has 0 saturated heterocycles. The van der Waals surface area contributed by atoms with Gasteiger partial charge in [-0.15, -0.1) is 0 Å². The number of benzene rings is 3. The van der Waals surface area contributed by atoms with Crippen molar-refractivity contribution >= 4 is 33.7 Å². The van der Waals surface area contributed by atoms with Gasteiger partial charge < -0.3 is 14.7 Å². The second kappa shape index (κ2) is 5.96. The maximum absolute atomic E-state index is 13.4. The number of nitrogens with zero attached hydrogens (tertiary/aromatic N) is 2. The van der Waals surface area contributed by atoms with Crippen LogP contribution in [-0.4, -0.2) is 25.0 Å². The van der Waals surface area contributed by atoms with E-state index in [1.54, 1.807) is 0 Å². The van der Waals surface area contributed by atoms with Crippen LogP contribution in [0.15, 0.2) is 59.1 Å². The highest BCUT2D eigenvalue weighted by molar-refractivity contribution is 6.28. The lowest BCUT2D eigenvalue weighted by molar-refractivity contribution is 0.104. The molecule has 0 unspecified atom stereocenters. The third-order valence-electron chi connectivity index (χ3n) is 5.19. The first-order valence-electron chi connectivity index (χ1n) is 9.16. The minimum atomic E-state index is -0.0174. The lowest BCUT2D eigenvalue weighted by Gasteiger charge is -2.21. The second-order valence-electron chi connectivity index (χ2n) is 7.31. The van der Waals surface area contributed by atoms with Crippen molar-refractivity contribution in [1.82, 2.24) is 5.16 Å². The first kappa shape index (κ1) is 16.6. The third kappa shape index (κ3) is 2.33. The van der Waals surface area contributed by atoms with Crippen LogP contribution in [0.25, 0.3) is 22.2 Å². The van der Waals surface area contributed by atoms with E-state index in [0.29, 0.717) is 22.4 Å². The second-order valence-corrected chi connectivity index (χ2v) is 7.31. The van der Waals surface area contributed by atoms with E-state index < -0.39 is 0 Å². The van der Waals surface area contributed by atoms with Gasteiger partial charge in [-0.25, -0.2) is 0 Å². The van der Waals surface area contributed by atoms with Gasteiger partial charge in [-0.1, -0.05) is 47.1 Å². The highest BCUT2D eigenvalue weighted by atomic mass is 16.5. The number of rotatable bonds is 3. The van der Waals surface area contributed by atoms with Crippen LogP contribution in [0.4, 0.5) is 17.1 Å². The van der Waals surface area contributed by atoms with Gasteiger partial charge in [0.15, 0.2) is 11.5 Å². The molecule has 0 aliphatic heterocycles. The Morgan fingerprint density at radius 3 is 2.43 bits per heavy atom. The Kier molecular flexibility index (Phi) is 3.52. The average molecular weight is 369 g/mol. The lowest BCUT2D eigenvalue weighted by Crippen LogP contribution is -2.15. The number of hydrogen-bond acceptors (Lipinski definition) is 5. The van der Waals surface area contributed by atoms with E-state index in [0.717, 1.165) is 28.0 Å². The molecule has 138 valence electrons. The average Bonchev–Trinajstić information content (AvgIpc) is 3.13. The highest BCUT2D eigenvalue weighted by Crippen LogP contribution is 2.45. The van der Waals surface area contributed by atoms with Crippen LogP contribution < -0.4 is 10.2 Å². The van der Waals surface area contributed by atoms with Crippen molar-refractivity contribution in [3.05, 3.63) is 71.3 Å². The van der Waals surface area contributed by atoms with Crippen LogP contribution in [0.2, 0.25) is 0 Å². The third-order valence-corrected chi connectivity index (χ3v) is 5.19. The van der Waals surface area contributed by atoms with Gasteiger partial charge in [0.25, 0.3) is 0 Å². The summed E-state index contributed by atoms with van der Waals surface area (Å²) in [5, 5.41) is 8.51. The van der Waals surface area contributed by atoms with E-state index in [4.69, 9.17) is 4.52 Å². The number of carbonyl (C=O) groups is 1. The Balaban J connectivity index is 1.81. The largest absolute Gasteiger partial charge is 0.376 e. The van der Waals surface area contributed by atoms with Crippen molar-refractivity contribution in [3.8, 4) is 11.3 Å². The van der Waals surface area contributed by atoms with Crippen LogP contribution in [0, 0.1) is 6.92 Å². The number of hydrogen-bond donors (Lipinski definition) is 1. The van der Waals surface area contributed by atoms with Crippen molar-refractivity contribution in [2.24, 2.45) is 0 Å². The maximum Gasteiger partial charge on any atom is 0.196 e. The van der Waals surface area contributed by atoms with Crippen molar-refractivity contribution in [2.75, 3.05) is 24.3 Å². The molecule has 0 saturated carbocycles. The molecule has 1 heterocycles. The van der Waals surface area contributed by atoms with E-state index in [9.17, 15) is 4.79 Å². The minimum Gasteiger partial charge on any atom is -0.376 e. The zero-order valence-corrected chi connectivity index (χ0v) is 15.9. The fourth-order valence-electron chi connectivity index (χ4n) is 3.77. The van der Waals surface area contributed by atoms with Gasteiger partial charge in [0.1, 0.15) is 5.52 Å². The predicted molar refractivity (Wildman–Crippen MR) is 112 cm³/mol. The van der Waals surface area contributed by atoms with Gasteiger partial charge in [-0.2, -0.15) is 0 Å². The SMILES string of the molecule is Cc1ccc(Nc2cc(N(C)C)c3noc4c3c2C(=O)c2ccccc2-4)cc1. The molecule has 0 radical (unpaired) electrons. The molecule has 0 fully saturated rings. The van der Waals surface area contributed by atoms with Gasteiger partial charge in [0.05, 0.1) is 22.3 Å². The Bertz CT molecular complexity index is 1240. The zero-order chi connectivity index (χ0) is 19.4. The summed E-state index contributed by atoms with van der Waals surface area (Å²) in [4.78, 5) is 15.4. The van der Waals surface area contributed by atoms with Gasteiger partial charge >= 0.3 is 0 Å². The number of carbonyl (C=O) groups excluding carboxylic acids is 1. The van der Waals surface area contributed by atoms with Crippen molar-refractivity contribution in [2.45, 2.75) is 6.92 Å². The van der Waals surface area contributed by atoms with Gasteiger partial charge in [0, 0.05) is 30.9 Å². The number of aromatic nitrogens is 1. The highest BCUT2D eigenvalue weighted by Gasteiger charge is 2.33. The lowest BCUT2D eigenvalue weighted by atomic mass is 9.86. The molecule has 0 bridgehead atoms. The fraction of sp³-hybridized carbons (Fsp3) is 0.130. The van der Waals surface area contributed by atoms with E-state index in [2.05, 4.69) is 10.5 Å². The van der Waals surface area contributed by atoms with E-state index in [1.165, 1.54) is 5.56 Å². The molecular formula is C23H19N3O2. The minimum absolute atomic E-state index is 0.0174. The van der Waals surface area contributed by atoms with Gasteiger partial charge in [-0.05, 0) is 25.1 Å². The maximum atomic E-state index is 13.4. The van der Waals surface area contributed by atoms with Crippen molar-refractivity contribution in [3.63, 3.8) is 0 Å². The van der Waals surface area contributed by atoms with Crippen LogP contribution in [-0.2, 0) is 0 Å². The molecule has 1 aromatic heterocycles. The van der Waals surface area contributed by atoms with Crippen LogP contribution in [0.5, 0.6) is 0 Å². The predicted octanol–water partition coefficient (Wildman–Crippen LogP) is 5.16. The van der Waals surface area contributed by atoms with E-state index >= 15 is 0 Å². The summed E-state index contributed by atoms with van der Waals surface area (Å²) < 4.78 is 5.73. The van der Waals surface area contributed by atoms with E-state index in [-0.39, 0.29) is 5.78 Å². The molecule has 0 amide bonds. The fourth-order valence-corrected chi connectivity index (χ4v) is 3.77. The molecule has 4 aromatic rings. The Morgan fingerprint density at radius 2 is 1.71 bits per heavy atom. The van der Waals surface area contributed by atoms with Crippen LogP contribution in [0.1, 0.15) is 21.5 Å². The number of anilines is 3. The molecule has 5 nitrogen and oxygen atoms in total. The normalized spacial score (nSPS) is 12.2. The molecule has 0 atom stereocenters. The molecule has 1 N–H and O–H groups in total. The van der Waals surface area contributed by atoms with Gasteiger partial charge in [0.2, 0.25) is 0 Å². The standard InChI is InChI=1S/C23H19N3O2/c1-13-8-10-14(11-9-13)24-17-12-18(26(2)3)21-20-19(17)22(27)15-6-4-5-7-16(15)23(20)28-25-21/h4-12,24H,1-3H3. The molecule has 5 heteroatoms. The molecular weight excluding hydrogens is 350 g/mol. The Morgan fingerprint density at radius 1 is 1.00 bits per heavy atom. The number of aryl methyl sites for hydroxylation is 1. The summed E-state index contributed by atoms with van der Waals surface area (Å²) in [6.07, 6.45) is 0. The molecule has 28 heavy (non-hydrogen) atoms. The summed E-state index contributed by atoms with van der Waals surface area (Å²) in [5.41, 5.74) is 6.50. The van der Waals surface area contributed by atoms with Crippen LogP contribution in [0.3, 0.4) is 0 Å². The Hall–Kier alpha value is -3.60. The smallest absolute Gasteiger partial charge is 0.196 e. The van der Waals surface area contributed by atoms with Crippen molar-refractivity contribution in [1.29, 1.82) is 0 Å². The molecule has 3 aromatic carbocycles. The molecule has 1 aliphatic carbocycles. The zero-order valence-electron chi connectivity index (χ0n) is 15.9. The van der Waals surface area contributed by atoms with Gasteiger partial charge in [-0.3, -0.25) is 4.79 Å². The molecule has 1 aliphatic rings. The van der Waals surface area contributed by atoms with Crippen molar-refractivity contribution < 1.29 is 9.32 Å². The molecule has 0 spiro atoms. The summed E-state index contributed by atoms with van der Waals surface area (Å²) in [5.74, 6) is 0.632. The number of ketones is 1. The topological polar surface area (TPSA) is 58.4 Å². The van der Waals surface area contributed by atoms with E-state index in [1.807, 2.05) is 80.5 Å². The first-order valence-corrected chi connectivity index (χ1v) is 9.16. The first-order chi connectivity index (χ1) is 13.5. The summed E-state index contributed by atoms with van der Waals surface area (Å²) >= 11 is 0. The monoisotopic (exact) mass is 369 g/mol. The molecule has 5 rings (SSSR count). The summed E-state index contributed by atoms with van der Waals surface area (Å²) in [7, 11) is 3.92. The van der Waals surface area contributed by atoms with Crippen LogP contribution >= 0.6 is 0 Å². The quantitative estimate of drug-likeness (QED) is 0.476.